The van der Waals surface area contributed by atoms with Gasteiger partial charge in [0.1, 0.15) is 5.54 Å². The number of amides is 4. The van der Waals surface area contributed by atoms with Gasteiger partial charge in [-0.05, 0) is 52.7 Å². The molecule has 2 rings (SSSR count). The van der Waals surface area contributed by atoms with Crippen molar-refractivity contribution in [3.05, 3.63) is 29.3 Å². The molecule has 1 aliphatic heterocycles. The molecule has 0 atom stereocenters. The minimum absolute atomic E-state index is 0.0430. The molecule has 1 heterocycles. The molecule has 1 aliphatic rings. The number of hydrogen-bond donors (Lipinski definition) is 2. The van der Waals surface area contributed by atoms with Gasteiger partial charge in [0.05, 0.1) is 10.7 Å². The Morgan fingerprint density at radius 3 is 2.28 bits per heavy atom. The van der Waals surface area contributed by atoms with Crippen molar-refractivity contribution < 1.29 is 14.4 Å². The first-order valence-corrected chi connectivity index (χ1v) is 10.5. The maximum atomic E-state index is 13.0. The third kappa shape index (κ3) is 5.85. The summed E-state index contributed by atoms with van der Waals surface area (Å²) < 4.78 is 0. The summed E-state index contributed by atoms with van der Waals surface area (Å²) in [6, 6.07) is 6.41. The van der Waals surface area contributed by atoms with Crippen LogP contribution in [-0.2, 0) is 9.59 Å². The minimum atomic E-state index is -1.08. The van der Waals surface area contributed by atoms with E-state index in [1.807, 2.05) is 18.7 Å². The second-order valence-electron chi connectivity index (χ2n) is 7.76. The van der Waals surface area contributed by atoms with Crippen LogP contribution in [0, 0.1) is 5.92 Å². The molecule has 2 N–H and O–H groups in total. The molecule has 160 valence electrons. The Labute approximate surface area is 177 Å². The van der Waals surface area contributed by atoms with Crippen LogP contribution in [0.1, 0.15) is 40.5 Å². The lowest BCUT2D eigenvalue weighted by molar-refractivity contribution is -0.143. The molecule has 0 aromatic heterocycles. The van der Waals surface area contributed by atoms with E-state index in [0.717, 1.165) is 0 Å². The first-order valence-electron chi connectivity index (χ1n) is 10.1. The second-order valence-corrected chi connectivity index (χ2v) is 8.17. The molecular weight excluding hydrogens is 392 g/mol. The molecule has 0 bridgehead atoms. The molecule has 4 amide bonds. The standard InChI is InChI=1S/C21H31ClN4O3/c1-5-25(6-2)18(27)15-11-13-26(14-12-15)19(28)21(3,4)24-20(29)23-17-10-8-7-9-16(17)22/h7-10,15H,5-6,11-14H2,1-4H3,(H2,23,24,29). The van der Waals surface area contributed by atoms with E-state index in [2.05, 4.69) is 10.6 Å². The second kappa shape index (κ2) is 9.96. The average Bonchev–Trinajstić information content (AvgIpc) is 2.69. The number of hydrogen-bond acceptors (Lipinski definition) is 3. The number of nitrogens with zero attached hydrogens (tertiary/aromatic N) is 2. The summed E-state index contributed by atoms with van der Waals surface area (Å²) >= 11 is 6.06. The molecule has 1 saturated heterocycles. The Morgan fingerprint density at radius 2 is 1.72 bits per heavy atom. The number of urea groups is 1. The number of piperidine rings is 1. The SMILES string of the molecule is CCN(CC)C(=O)C1CCN(C(=O)C(C)(C)NC(=O)Nc2ccccc2Cl)CC1. The number of nitrogens with one attached hydrogen (secondary N) is 2. The van der Waals surface area contributed by atoms with Gasteiger partial charge in [0.2, 0.25) is 11.8 Å². The van der Waals surface area contributed by atoms with Gasteiger partial charge in [-0.15, -0.1) is 0 Å². The van der Waals surface area contributed by atoms with Gasteiger partial charge in [0, 0.05) is 32.1 Å². The summed E-state index contributed by atoms with van der Waals surface area (Å²) in [6.45, 7) is 9.71. The van der Waals surface area contributed by atoms with E-state index in [4.69, 9.17) is 11.6 Å². The van der Waals surface area contributed by atoms with Gasteiger partial charge in [-0.2, -0.15) is 0 Å². The van der Waals surface area contributed by atoms with Crippen molar-refractivity contribution >= 4 is 35.1 Å². The van der Waals surface area contributed by atoms with Crippen LogP contribution in [0.25, 0.3) is 0 Å². The molecule has 7 nitrogen and oxygen atoms in total. The van der Waals surface area contributed by atoms with Crippen molar-refractivity contribution in [3.63, 3.8) is 0 Å². The normalized spacial score (nSPS) is 15.0. The van der Waals surface area contributed by atoms with Crippen LogP contribution in [0.3, 0.4) is 0 Å². The zero-order chi connectivity index (χ0) is 21.6. The maximum absolute atomic E-state index is 13.0. The molecule has 8 heteroatoms. The summed E-state index contributed by atoms with van der Waals surface area (Å²) in [7, 11) is 0. The van der Waals surface area contributed by atoms with Crippen molar-refractivity contribution in [1.29, 1.82) is 0 Å². The molecule has 0 aliphatic carbocycles. The number of anilines is 1. The fraction of sp³-hybridized carbons (Fsp3) is 0.571. The highest BCUT2D eigenvalue weighted by molar-refractivity contribution is 6.33. The van der Waals surface area contributed by atoms with E-state index in [0.29, 0.717) is 49.7 Å². The quantitative estimate of drug-likeness (QED) is 0.737. The molecule has 0 radical (unpaired) electrons. The molecule has 1 fully saturated rings. The topological polar surface area (TPSA) is 81.8 Å². The first kappa shape index (κ1) is 23.0. The lowest BCUT2D eigenvalue weighted by Gasteiger charge is -2.37. The van der Waals surface area contributed by atoms with E-state index >= 15 is 0 Å². The number of rotatable bonds is 6. The summed E-state index contributed by atoms with van der Waals surface area (Å²) in [4.78, 5) is 41.4. The largest absolute Gasteiger partial charge is 0.343 e. The smallest absolute Gasteiger partial charge is 0.320 e. The molecule has 0 spiro atoms. The van der Waals surface area contributed by atoms with Crippen molar-refractivity contribution in [2.24, 2.45) is 5.92 Å². The van der Waals surface area contributed by atoms with Crippen molar-refractivity contribution in [2.45, 2.75) is 46.1 Å². The van der Waals surface area contributed by atoms with Crippen LogP contribution < -0.4 is 10.6 Å². The van der Waals surface area contributed by atoms with Crippen LogP contribution in [0.15, 0.2) is 24.3 Å². The lowest BCUT2D eigenvalue weighted by atomic mass is 9.93. The lowest BCUT2D eigenvalue weighted by Crippen LogP contribution is -2.58. The Kier molecular flexibility index (Phi) is 7.90. The Bertz CT molecular complexity index is 741. The number of carbonyl (C=O) groups excluding carboxylic acids is 3. The molecule has 0 unspecified atom stereocenters. The number of halogens is 1. The highest BCUT2D eigenvalue weighted by Crippen LogP contribution is 2.23. The average molecular weight is 423 g/mol. The Balaban J connectivity index is 1.91. The highest BCUT2D eigenvalue weighted by Gasteiger charge is 2.37. The predicted octanol–water partition coefficient (Wildman–Crippen LogP) is 3.35. The fourth-order valence-corrected chi connectivity index (χ4v) is 3.75. The third-order valence-corrected chi connectivity index (χ3v) is 5.62. The zero-order valence-corrected chi connectivity index (χ0v) is 18.4. The van der Waals surface area contributed by atoms with Crippen molar-refractivity contribution in [3.8, 4) is 0 Å². The summed E-state index contributed by atoms with van der Waals surface area (Å²) in [5.41, 5.74) is -0.605. The molecular formula is C21H31ClN4O3. The van der Waals surface area contributed by atoms with Gasteiger partial charge in [0.15, 0.2) is 0 Å². The monoisotopic (exact) mass is 422 g/mol. The van der Waals surface area contributed by atoms with E-state index in [9.17, 15) is 14.4 Å². The zero-order valence-electron chi connectivity index (χ0n) is 17.6. The highest BCUT2D eigenvalue weighted by atomic mass is 35.5. The molecule has 29 heavy (non-hydrogen) atoms. The van der Waals surface area contributed by atoms with Crippen LogP contribution in [-0.4, -0.2) is 59.4 Å². The van der Waals surface area contributed by atoms with Gasteiger partial charge >= 0.3 is 6.03 Å². The van der Waals surface area contributed by atoms with Gasteiger partial charge in [-0.1, -0.05) is 23.7 Å². The Hall–Kier alpha value is -2.28. The summed E-state index contributed by atoms with van der Waals surface area (Å²) in [5, 5.41) is 5.82. The van der Waals surface area contributed by atoms with Crippen molar-refractivity contribution in [1.82, 2.24) is 15.1 Å². The van der Waals surface area contributed by atoms with E-state index in [1.165, 1.54) is 0 Å². The molecule has 0 saturated carbocycles. The predicted molar refractivity (Wildman–Crippen MR) is 115 cm³/mol. The van der Waals surface area contributed by atoms with Gasteiger partial charge in [0.25, 0.3) is 0 Å². The van der Waals surface area contributed by atoms with Crippen LogP contribution in [0.5, 0.6) is 0 Å². The van der Waals surface area contributed by atoms with Gasteiger partial charge < -0.3 is 20.4 Å². The van der Waals surface area contributed by atoms with Gasteiger partial charge in [-0.25, -0.2) is 4.79 Å². The van der Waals surface area contributed by atoms with Crippen LogP contribution in [0.4, 0.5) is 10.5 Å². The molecule has 1 aromatic carbocycles. The van der Waals surface area contributed by atoms with E-state index in [-0.39, 0.29) is 17.7 Å². The summed E-state index contributed by atoms with van der Waals surface area (Å²) in [6.07, 6.45) is 1.28. The van der Waals surface area contributed by atoms with E-state index < -0.39 is 11.6 Å². The summed E-state index contributed by atoms with van der Waals surface area (Å²) in [5.74, 6) is -0.0438. The number of para-hydroxylation sites is 1. The number of carbonyl (C=O) groups is 3. The maximum Gasteiger partial charge on any atom is 0.320 e. The molecule has 1 aromatic rings. The number of likely N-dealkylation sites (tertiary alicyclic amines) is 1. The van der Waals surface area contributed by atoms with Gasteiger partial charge in [-0.3, -0.25) is 9.59 Å². The third-order valence-electron chi connectivity index (χ3n) is 5.29. The van der Waals surface area contributed by atoms with E-state index in [1.54, 1.807) is 43.0 Å². The van der Waals surface area contributed by atoms with Crippen molar-refractivity contribution in [2.75, 3.05) is 31.5 Å². The number of benzene rings is 1. The minimum Gasteiger partial charge on any atom is -0.343 e. The van der Waals surface area contributed by atoms with Crippen LogP contribution >= 0.6 is 11.6 Å². The Morgan fingerprint density at radius 1 is 1.14 bits per heavy atom. The first-order chi connectivity index (χ1) is 13.7. The fourth-order valence-electron chi connectivity index (χ4n) is 3.57. The van der Waals surface area contributed by atoms with Crippen LogP contribution in [0.2, 0.25) is 5.02 Å².